The third-order valence-corrected chi connectivity index (χ3v) is 3.10. The predicted octanol–water partition coefficient (Wildman–Crippen LogP) is 4.33. The molecule has 1 unspecified atom stereocenters. The van der Waals surface area contributed by atoms with Crippen LogP contribution in [0.5, 0.6) is 0 Å². The standard InChI is InChI=1S/C15H22FNO/c1-6-11(2)12-9-7-8-10-13(12)14(18)17(16)15(3,4)5/h7-11H,6H2,1-5H3. The molecule has 0 radical (unpaired) electrons. The molecule has 100 valence electrons. The maximum atomic E-state index is 14.0. The number of benzene rings is 1. The van der Waals surface area contributed by atoms with Gasteiger partial charge in [0.25, 0.3) is 5.91 Å². The fraction of sp³-hybridized carbons (Fsp3) is 0.533. The van der Waals surface area contributed by atoms with Crippen LogP contribution in [0.4, 0.5) is 4.48 Å². The Balaban J connectivity index is 3.14. The van der Waals surface area contributed by atoms with Crippen molar-refractivity contribution in [2.45, 2.75) is 52.5 Å². The van der Waals surface area contributed by atoms with Crippen molar-refractivity contribution >= 4 is 5.91 Å². The van der Waals surface area contributed by atoms with Gasteiger partial charge in [0.1, 0.15) is 0 Å². The molecular formula is C15H22FNO. The Hall–Kier alpha value is -1.38. The molecule has 0 spiro atoms. The van der Waals surface area contributed by atoms with Gasteiger partial charge in [0.2, 0.25) is 0 Å². The van der Waals surface area contributed by atoms with Crippen LogP contribution in [0.2, 0.25) is 0 Å². The fourth-order valence-electron chi connectivity index (χ4n) is 1.75. The smallest absolute Gasteiger partial charge is 0.266 e. The molecule has 0 bridgehead atoms. The van der Waals surface area contributed by atoms with Gasteiger partial charge in [0, 0.05) is 5.56 Å². The zero-order valence-corrected chi connectivity index (χ0v) is 11.8. The summed E-state index contributed by atoms with van der Waals surface area (Å²) in [4.78, 5) is 12.2. The molecule has 0 aliphatic carbocycles. The van der Waals surface area contributed by atoms with Crippen molar-refractivity contribution in [2.75, 3.05) is 0 Å². The Kier molecular flexibility index (Phi) is 4.49. The SMILES string of the molecule is CCC(C)c1ccccc1C(=O)N(F)C(C)(C)C. The molecule has 0 heterocycles. The lowest BCUT2D eigenvalue weighted by Gasteiger charge is -2.27. The summed E-state index contributed by atoms with van der Waals surface area (Å²) in [6, 6.07) is 7.26. The Bertz CT molecular complexity index is 423. The molecule has 1 rings (SSSR count). The van der Waals surface area contributed by atoms with E-state index in [4.69, 9.17) is 0 Å². The molecule has 1 aromatic rings. The van der Waals surface area contributed by atoms with E-state index in [9.17, 15) is 9.28 Å². The van der Waals surface area contributed by atoms with Crippen LogP contribution in [-0.4, -0.2) is 16.6 Å². The first-order valence-corrected chi connectivity index (χ1v) is 6.38. The van der Waals surface area contributed by atoms with Gasteiger partial charge in [-0.25, -0.2) is 0 Å². The number of nitrogens with zero attached hydrogens (tertiary/aromatic N) is 1. The predicted molar refractivity (Wildman–Crippen MR) is 72.2 cm³/mol. The third kappa shape index (κ3) is 3.09. The van der Waals surface area contributed by atoms with Gasteiger partial charge < -0.3 is 0 Å². The lowest BCUT2D eigenvalue weighted by atomic mass is 9.93. The van der Waals surface area contributed by atoms with Crippen molar-refractivity contribution in [3.8, 4) is 0 Å². The monoisotopic (exact) mass is 251 g/mol. The van der Waals surface area contributed by atoms with Crippen molar-refractivity contribution in [3.63, 3.8) is 0 Å². The number of hydrogen-bond donors (Lipinski definition) is 0. The Morgan fingerprint density at radius 3 is 2.39 bits per heavy atom. The van der Waals surface area contributed by atoms with Crippen molar-refractivity contribution in [1.82, 2.24) is 5.12 Å². The molecule has 1 amide bonds. The fourth-order valence-corrected chi connectivity index (χ4v) is 1.75. The van der Waals surface area contributed by atoms with E-state index >= 15 is 0 Å². The van der Waals surface area contributed by atoms with Crippen molar-refractivity contribution in [3.05, 3.63) is 35.4 Å². The second kappa shape index (κ2) is 5.51. The van der Waals surface area contributed by atoms with Gasteiger partial charge in [0.05, 0.1) is 5.54 Å². The van der Waals surface area contributed by atoms with Gasteiger partial charge in [-0.1, -0.05) is 36.5 Å². The van der Waals surface area contributed by atoms with E-state index in [1.165, 1.54) is 0 Å². The summed E-state index contributed by atoms with van der Waals surface area (Å²) in [5, 5.41) is 0.314. The number of carbonyl (C=O) groups is 1. The van der Waals surface area contributed by atoms with Gasteiger partial charge in [-0.3, -0.25) is 4.79 Å². The number of amides is 1. The van der Waals surface area contributed by atoms with Crippen LogP contribution in [0, 0.1) is 0 Å². The molecule has 0 aromatic heterocycles. The molecule has 0 aliphatic rings. The molecule has 0 aliphatic heterocycles. The van der Waals surface area contributed by atoms with Crippen LogP contribution in [0.15, 0.2) is 24.3 Å². The maximum Gasteiger partial charge on any atom is 0.282 e. The lowest BCUT2D eigenvalue weighted by molar-refractivity contribution is -0.0323. The minimum Gasteiger partial charge on any atom is -0.266 e. The highest BCUT2D eigenvalue weighted by atomic mass is 19.2. The second-order valence-corrected chi connectivity index (χ2v) is 5.65. The van der Waals surface area contributed by atoms with Gasteiger partial charge in [-0.2, -0.15) is 5.12 Å². The number of hydrogen-bond acceptors (Lipinski definition) is 1. The van der Waals surface area contributed by atoms with E-state index in [0.29, 0.717) is 10.7 Å². The van der Waals surface area contributed by atoms with Crippen LogP contribution >= 0.6 is 0 Å². The number of carbonyl (C=O) groups excluding carboxylic acids is 1. The van der Waals surface area contributed by atoms with Crippen molar-refractivity contribution in [1.29, 1.82) is 0 Å². The Labute approximate surface area is 109 Å². The lowest BCUT2D eigenvalue weighted by Crippen LogP contribution is -2.39. The summed E-state index contributed by atoms with van der Waals surface area (Å²) >= 11 is 0. The number of rotatable bonds is 3. The summed E-state index contributed by atoms with van der Waals surface area (Å²) < 4.78 is 14.0. The molecule has 3 heteroatoms. The van der Waals surface area contributed by atoms with Crippen LogP contribution in [0.25, 0.3) is 0 Å². The highest BCUT2D eigenvalue weighted by molar-refractivity contribution is 5.95. The highest BCUT2D eigenvalue weighted by Gasteiger charge is 2.29. The van der Waals surface area contributed by atoms with E-state index in [1.807, 2.05) is 19.1 Å². The van der Waals surface area contributed by atoms with Gasteiger partial charge in [0.15, 0.2) is 0 Å². The Morgan fingerprint density at radius 1 is 1.33 bits per heavy atom. The average molecular weight is 251 g/mol. The summed E-state index contributed by atoms with van der Waals surface area (Å²) in [7, 11) is 0. The van der Waals surface area contributed by atoms with E-state index in [2.05, 4.69) is 6.92 Å². The van der Waals surface area contributed by atoms with Crippen LogP contribution in [0.3, 0.4) is 0 Å². The summed E-state index contributed by atoms with van der Waals surface area (Å²) in [6.07, 6.45) is 0.923. The van der Waals surface area contributed by atoms with Crippen LogP contribution < -0.4 is 0 Å². The maximum absolute atomic E-state index is 14.0. The van der Waals surface area contributed by atoms with E-state index in [0.717, 1.165) is 12.0 Å². The van der Waals surface area contributed by atoms with Crippen molar-refractivity contribution < 1.29 is 9.28 Å². The van der Waals surface area contributed by atoms with Gasteiger partial charge in [-0.15, -0.1) is 0 Å². The number of halogens is 1. The largest absolute Gasteiger partial charge is 0.282 e. The summed E-state index contributed by atoms with van der Waals surface area (Å²) in [6.45, 7) is 9.14. The molecular weight excluding hydrogens is 229 g/mol. The molecule has 2 nitrogen and oxygen atoms in total. The molecule has 0 N–H and O–H groups in total. The quantitative estimate of drug-likeness (QED) is 0.732. The van der Waals surface area contributed by atoms with Gasteiger partial charge >= 0.3 is 0 Å². The van der Waals surface area contributed by atoms with Crippen LogP contribution in [-0.2, 0) is 0 Å². The highest BCUT2D eigenvalue weighted by Crippen LogP contribution is 2.26. The average Bonchev–Trinajstić information content (AvgIpc) is 2.35. The molecule has 18 heavy (non-hydrogen) atoms. The minimum absolute atomic E-state index is 0.249. The first kappa shape index (κ1) is 14.7. The molecule has 1 atom stereocenters. The topological polar surface area (TPSA) is 20.3 Å². The minimum atomic E-state index is -0.820. The third-order valence-electron chi connectivity index (χ3n) is 3.10. The molecule has 0 saturated heterocycles. The first-order chi connectivity index (χ1) is 8.29. The van der Waals surface area contributed by atoms with Crippen LogP contribution in [0.1, 0.15) is 62.9 Å². The normalized spacial score (nSPS) is 13.2. The van der Waals surface area contributed by atoms with Crippen molar-refractivity contribution in [2.24, 2.45) is 0 Å². The zero-order valence-electron chi connectivity index (χ0n) is 11.8. The van der Waals surface area contributed by atoms with E-state index in [-0.39, 0.29) is 5.92 Å². The molecule has 0 fully saturated rings. The first-order valence-electron chi connectivity index (χ1n) is 6.38. The van der Waals surface area contributed by atoms with Gasteiger partial charge in [-0.05, 0) is 44.7 Å². The van der Waals surface area contributed by atoms with E-state index in [1.54, 1.807) is 32.9 Å². The summed E-state index contributed by atoms with van der Waals surface area (Å²) in [5.41, 5.74) is 0.556. The molecule has 1 aromatic carbocycles. The zero-order chi connectivity index (χ0) is 13.9. The van der Waals surface area contributed by atoms with E-state index < -0.39 is 11.4 Å². The molecule has 0 saturated carbocycles. The summed E-state index contributed by atoms with van der Waals surface area (Å²) in [5.74, 6) is -0.308. The Morgan fingerprint density at radius 2 is 1.89 bits per heavy atom. The second-order valence-electron chi connectivity index (χ2n) is 5.65.